The van der Waals surface area contributed by atoms with Gasteiger partial charge in [0.25, 0.3) is 5.91 Å². The quantitative estimate of drug-likeness (QED) is 0.663. The van der Waals surface area contributed by atoms with E-state index in [1.807, 2.05) is 38.1 Å². The van der Waals surface area contributed by atoms with Crippen molar-refractivity contribution in [3.05, 3.63) is 53.9 Å². The highest BCUT2D eigenvalue weighted by Crippen LogP contribution is 2.43. The fourth-order valence-electron chi connectivity index (χ4n) is 4.63. The molecule has 1 fully saturated rings. The van der Waals surface area contributed by atoms with Crippen molar-refractivity contribution in [3.8, 4) is 0 Å². The van der Waals surface area contributed by atoms with Crippen LogP contribution in [0.25, 0.3) is 0 Å². The summed E-state index contributed by atoms with van der Waals surface area (Å²) in [6, 6.07) is 9.04. The number of nitrogens with one attached hydrogen (secondary N) is 1. The van der Waals surface area contributed by atoms with E-state index < -0.39 is 5.54 Å². The van der Waals surface area contributed by atoms with E-state index in [9.17, 15) is 14.4 Å². The van der Waals surface area contributed by atoms with E-state index in [2.05, 4.69) is 24.1 Å². The van der Waals surface area contributed by atoms with Gasteiger partial charge in [-0.1, -0.05) is 33.8 Å². The molecule has 0 unspecified atom stereocenters. The molecule has 2 aromatic rings. The second-order valence-corrected chi connectivity index (χ2v) is 10.5. The van der Waals surface area contributed by atoms with Crippen LogP contribution in [0.5, 0.6) is 0 Å². The number of nitrogens with zero attached hydrogens (tertiary/aromatic N) is 4. The molecule has 1 aromatic carbocycles. The second kappa shape index (κ2) is 8.51. The Kier molecular flexibility index (Phi) is 5.97. The van der Waals surface area contributed by atoms with Gasteiger partial charge in [0, 0.05) is 42.6 Å². The van der Waals surface area contributed by atoms with E-state index in [1.165, 1.54) is 4.90 Å². The molecule has 0 saturated carbocycles. The average molecular weight is 464 g/mol. The molecule has 0 bridgehead atoms. The maximum Gasteiger partial charge on any atom is 0.332 e. The van der Waals surface area contributed by atoms with Crippen LogP contribution in [-0.2, 0) is 21.5 Å². The van der Waals surface area contributed by atoms with Gasteiger partial charge < -0.3 is 15.1 Å². The van der Waals surface area contributed by atoms with Crippen LogP contribution < -0.4 is 15.1 Å². The highest BCUT2D eigenvalue weighted by Gasteiger charge is 2.52. The number of rotatable bonds is 6. The van der Waals surface area contributed by atoms with Crippen LogP contribution in [0.2, 0.25) is 0 Å². The van der Waals surface area contributed by atoms with Crippen LogP contribution in [0.15, 0.2) is 42.7 Å². The fraction of sp³-hybridized carbons (Fsp3) is 0.462. The summed E-state index contributed by atoms with van der Waals surface area (Å²) in [5, 5.41) is 3.18. The summed E-state index contributed by atoms with van der Waals surface area (Å²) in [5.74, 6) is -0.320. The fourth-order valence-corrected chi connectivity index (χ4v) is 4.63. The smallest absolute Gasteiger partial charge is 0.310 e. The summed E-state index contributed by atoms with van der Waals surface area (Å²) in [5.41, 5.74) is 1.93. The number of amides is 4. The second-order valence-electron chi connectivity index (χ2n) is 10.5. The number of aromatic nitrogens is 1. The third-order valence-corrected chi connectivity index (χ3v) is 6.69. The van der Waals surface area contributed by atoms with Gasteiger partial charge in [0.15, 0.2) is 0 Å². The van der Waals surface area contributed by atoms with E-state index in [4.69, 9.17) is 0 Å². The lowest BCUT2D eigenvalue weighted by molar-refractivity contribution is -0.123. The van der Waals surface area contributed by atoms with Crippen LogP contribution in [0.1, 0.15) is 52.7 Å². The highest BCUT2D eigenvalue weighted by molar-refractivity contribution is 6.23. The van der Waals surface area contributed by atoms with Gasteiger partial charge in [-0.15, -0.1) is 0 Å². The Labute approximate surface area is 200 Å². The normalized spacial score (nSPS) is 18.7. The van der Waals surface area contributed by atoms with Crippen molar-refractivity contribution < 1.29 is 14.4 Å². The summed E-state index contributed by atoms with van der Waals surface area (Å²) in [6.07, 6.45) is 3.34. The summed E-state index contributed by atoms with van der Waals surface area (Å²) < 4.78 is 0. The molecular formula is C26H33N5O3. The van der Waals surface area contributed by atoms with Gasteiger partial charge in [-0.05, 0) is 49.2 Å². The van der Waals surface area contributed by atoms with E-state index in [-0.39, 0.29) is 35.8 Å². The Hall–Kier alpha value is -3.26. The zero-order valence-electron chi connectivity index (χ0n) is 20.8. The van der Waals surface area contributed by atoms with Crippen LogP contribution in [-0.4, -0.2) is 52.4 Å². The van der Waals surface area contributed by atoms with Crippen LogP contribution in [0.3, 0.4) is 0 Å². The Balaban J connectivity index is 1.67. The number of urea groups is 1. The van der Waals surface area contributed by atoms with E-state index in [1.54, 1.807) is 42.1 Å². The first-order valence-electron chi connectivity index (χ1n) is 11.7. The number of pyridine rings is 1. The van der Waals surface area contributed by atoms with Gasteiger partial charge in [-0.2, -0.15) is 0 Å². The summed E-state index contributed by atoms with van der Waals surface area (Å²) in [7, 11) is 0. The SMILES string of the molecule is CC(C)NCC(=O)N1CC(C)(C)c2ccc(N3C(=O)N(Cc4ccncc4)C(C)(C)C3=O)cc21. The third-order valence-electron chi connectivity index (χ3n) is 6.69. The van der Waals surface area contributed by atoms with E-state index in [0.717, 1.165) is 16.8 Å². The molecule has 4 amide bonds. The standard InChI is InChI=1S/C26H33N5O3/c1-17(2)28-14-22(32)29-16-25(3,4)20-8-7-19(13-21(20)29)31-23(33)26(5,6)30(24(31)34)15-18-9-11-27-12-10-18/h7-13,17,28H,14-16H2,1-6H3. The molecule has 1 aromatic heterocycles. The first kappa shape index (κ1) is 23.9. The molecule has 2 aliphatic heterocycles. The Morgan fingerprint density at radius 1 is 1.09 bits per heavy atom. The molecule has 0 spiro atoms. The topological polar surface area (TPSA) is 85.8 Å². The molecule has 3 heterocycles. The van der Waals surface area contributed by atoms with Crippen molar-refractivity contribution in [3.63, 3.8) is 0 Å². The summed E-state index contributed by atoms with van der Waals surface area (Å²) >= 11 is 0. The van der Waals surface area contributed by atoms with Gasteiger partial charge in [0.1, 0.15) is 5.54 Å². The first-order chi connectivity index (χ1) is 15.9. The van der Waals surface area contributed by atoms with Crippen molar-refractivity contribution in [1.82, 2.24) is 15.2 Å². The minimum absolute atomic E-state index is 0.0311. The monoisotopic (exact) mass is 463 g/mol. The molecule has 4 rings (SSSR count). The number of carbonyl (C=O) groups excluding carboxylic acids is 3. The van der Waals surface area contributed by atoms with Crippen molar-refractivity contribution >= 4 is 29.2 Å². The summed E-state index contributed by atoms with van der Waals surface area (Å²) in [4.78, 5) is 48.5. The number of benzene rings is 1. The maximum atomic E-state index is 13.5. The van der Waals surface area contributed by atoms with Gasteiger partial charge in [-0.25, -0.2) is 9.69 Å². The number of imide groups is 1. The lowest BCUT2D eigenvalue weighted by atomic mass is 9.87. The zero-order chi connectivity index (χ0) is 24.8. The van der Waals surface area contributed by atoms with Gasteiger partial charge in [-0.3, -0.25) is 14.6 Å². The minimum atomic E-state index is -1.00. The molecule has 2 aliphatic rings. The summed E-state index contributed by atoms with van der Waals surface area (Å²) in [6.45, 7) is 12.8. The van der Waals surface area contributed by atoms with E-state index in [0.29, 0.717) is 18.8 Å². The molecule has 180 valence electrons. The average Bonchev–Trinajstić information content (AvgIpc) is 3.14. The number of anilines is 2. The Morgan fingerprint density at radius 2 is 1.76 bits per heavy atom. The highest BCUT2D eigenvalue weighted by atomic mass is 16.2. The van der Waals surface area contributed by atoms with Gasteiger partial charge in [0.2, 0.25) is 5.91 Å². The third kappa shape index (κ3) is 4.07. The molecule has 0 atom stereocenters. The first-order valence-corrected chi connectivity index (χ1v) is 11.7. The maximum absolute atomic E-state index is 13.5. The Morgan fingerprint density at radius 3 is 2.41 bits per heavy atom. The number of carbonyl (C=O) groups is 3. The van der Waals surface area contributed by atoms with Gasteiger partial charge in [0.05, 0.1) is 12.2 Å². The molecule has 1 saturated heterocycles. The Bertz CT molecular complexity index is 1130. The number of fused-ring (bicyclic) bond motifs is 1. The largest absolute Gasteiger partial charge is 0.332 e. The van der Waals surface area contributed by atoms with Crippen molar-refractivity contribution in [2.75, 3.05) is 22.9 Å². The molecule has 0 radical (unpaired) electrons. The minimum Gasteiger partial charge on any atom is -0.310 e. The van der Waals surface area contributed by atoms with E-state index >= 15 is 0 Å². The van der Waals surface area contributed by atoms with Crippen LogP contribution >= 0.6 is 0 Å². The predicted molar refractivity (Wildman–Crippen MR) is 132 cm³/mol. The number of hydrogen-bond donors (Lipinski definition) is 1. The van der Waals surface area contributed by atoms with Crippen molar-refractivity contribution in [2.45, 2.75) is 65.1 Å². The predicted octanol–water partition coefficient (Wildman–Crippen LogP) is 3.45. The molecule has 0 aliphatic carbocycles. The molecule has 34 heavy (non-hydrogen) atoms. The van der Waals surface area contributed by atoms with Crippen molar-refractivity contribution in [1.29, 1.82) is 0 Å². The molecule has 8 nitrogen and oxygen atoms in total. The lowest BCUT2D eigenvalue weighted by Gasteiger charge is -2.27. The van der Waals surface area contributed by atoms with Crippen LogP contribution in [0, 0.1) is 0 Å². The number of hydrogen-bond acceptors (Lipinski definition) is 5. The van der Waals surface area contributed by atoms with Crippen LogP contribution in [0.4, 0.5) is 16.2 Å². The molecule has 1 N–H and O–H groups in total. The lowest BCUT2D eigenvalue weighted by Crippen LogP contribution is -2.43. The zero-order valence-corrected chi connectivity index (χ0v) is 20.8. The van der Waals surface area contributed by atoms with Gasteiger partial charge >= 0.3 is 6.03 Å². The molecule has 8 heteroatoms. The molecular weight excluding hydrogens is 430 g/mol. The van der Waals surface area contributed by atoms with Crippen molar-refractivity contribution in [2.24, 2.45) is 0 Å².